The highest BCUT2D eigenvalue weighted by Gasteiger charge is 2.14. The number of rotatable bonds is 7. The standard InChI is InChI=1S/C10H14FN3O4S/c1-2-12-3-4-19(17,18)13-9-5-8(11)6-10(7-9)14(15)16/h5-7,12-13H,2-4H2,1H3. The average Bonchev–Trinajstić information content (AvgIpc) is 2.27. The molecule has 0 heterocycles. The van der Waals surface area contributed by atoms with Gasteiger partial charge in [-0.1, -0.05) is 6.92 Å². The minimum Gasteiger partial charge on any atom is -0.316 e. The highest BCUT2D eigenvalue weighted by Crippen LogP contribution is 2.20. The van der Waals surface area contributed by atoms with Gasteiger partial charge in [-0.3, -0.25) is 14.8 Å². The summed E-state index contributed by atoms with van der Waals surface area (Å²) in [6.45, 7) is 2.69. The van der Waals surface area contributed by atoms with Gasteiger partial charge in [0.2, 0.25) is 10.0 Å². The van der Waals surface area contributed by atoms with Crippen LogP contribution in [0.3, 0.4) is 0 Å². The number of halogens is 1. The third-order valence-corrected chi connectivity index (χ3v) is 3.45. The van der Waals surface area contributed by atoms with Crippen molar-refractivity contribution in [3.05, 3.63) is 34.1 Å². The van der Waals surface area contributed by atoms with Crippen LogP contribution in [0.5, 0.6) is 0 Å². The van der Waals surface area contributed by atoms with Crippen LogP contribution >= 0.6 is 0 Å². The Balaban J connectivity index is 2.84. The van der Waals surface area contributed by atoms with Gasteiger partial charge < -0.3 is 5.32 Å². The van der Waals surface area contributed by atoms with Crippen LogP contribution in [0.1, 0.15) is 6.92 Å². The summed E-state index contributed by atoms with van der Waals surface area (Å²) in [5.74, 6) is -1.08. The molecular weight excluding hydrogens is 277 g/mol. The molecule has 1 aromatic rings. The van der Waals surface area contributed by atoms with Gasteiger partial charge in [0.25, 0.3) is 5.69 Å². The Labute approximate surface area is 110 Å². The molecule has 7 nitrogen and oxygen atoms in total. The normalized spacial score (nSPS) is 11.3. The second-order valence-corrected chi connectivity index (χ2v) is 5.57. The monoisotopic (exact) mass is 291 g/mol. The average molecular weight is 291 g/mol. The van der Waals surface area contributed by atoms with Crippen molar-refractivity contribution in [3.63, 3.8) is 0 Å². The Morgan fingerprint density at radius 2 is 2.05 bits per heavy atom. The highest BCUT2D eigenvalue weighted by atomic mass is 32.2. The van der Waals surface area contributed by atoms with E-state index >= 15 is 0 Å². The lowest BCUT2D eigenvalue weighted by Gasteiger charge is -2.08. The van der Waals surface area contributed by atoms with Gasteiger partial charge in [0.05, 0.1) is 22.4 Å². The molecular formula is C10H14FN3O4S. The maximum absolute atomic E-state index is 13.1. The fourth-order valence-electron chi connectivity index (χ4n) is 1.35. The summed E-state index contributed by atoms with van der Waals surface area (Å²) in [4.78, 5) is 9.74. The van der Waals surface area contributed by atoms with Crippen molar-refractivity contribution in [2.24, 2.45) is 0 Å². The summed E-state index contributed by atoms with van der Waals surface area (Å²) in [6, 6.07) is 2.57. The van der Waals surface area contributed by atoms with Gasteiger partial charge in [-0.15, -0.1) is 0 Å². The summed E-state index contributed by atoms with van der Waals surface area (Å²) < 4.78 is 38.5. The molecule has 9 heteroatoms. The second kappa shape index (κ2) is 6.43. The fourth-order valence-corrected chi connectivity index (χ4v) is 2.34. The van der Waals surface area contributed by atoms with Crippen LogP contribution < -0.4 is 10.0 Å². The molecule has 0 atom stereocenters. The molecule has 0 saturated carbocycles. The number of nitro groups is 1. The molecule has 19 heavy (non-hydrogen) atoms. The molecule has 0 aliphatic rings. The molecule has 0 radical (unpaired) electrons. The van der Waals surface area contributed by atoms with Gasteiger partial charge in [0, 0.05) is 12.6 Å². The molecule has 1 aromatic carbocycles. The molecule has 0 spiro atoms. The van der Waals surface area contributed by atoms with Gasteiger partial charge >= 0.3 is 0 Å². The van der Waals surface area contributed by atoms with E-state index in [1.807, 2.05) is 6.92 Å². The summed E-state index contributed by atoms with van der Waals surface area (Å²) in [5.41, 5.74) is -0.674. The molecule has 0 aliphatic heterocycles. The van der Waals surface area contributed by atoms with E-state index in [0.29, 0.717) is 6.54 Å². The first-order valence-electron chi connectivity index (χ1n) is 5.50. The Kier molecular flexibility index (Phi) is 5.19. The molecule has 0 fully saturated rings. The second-order valence-electron chi connectivity index (χ2n) is 3.73. The lowest BCUT2D eigenvalue weighted by molar-refractivity contribution is -0.385. The maximum Gasteiger partial charge on any atom is 0.274 e. The lowest BCUT2D eigenvalue weighted by Crippen LogP contribution is -2.26. The van der Waals surface area contributed by atoms with Crippen LogP contribution in [-0.2, 0) is 10.0 Å². The van der Waals surface area contributed by atoms with E-state index in [4.69, 9.17) is 0 Å². The molecule has 0 saturated heterocycles. The van der Waals surface area contributed by atoms with Crippen molar-refractivity contribution in [2.45, 2.75) is 6.92 Å². The number of nitrogens with zero attached hydrogens (tertiary/aromatic N) is 1. The third kappa shape index (κ3) is 5.18. The number of hydrogen-bond acceptors (Lipinski definition) is 5. The van der Waals surface area contributed by atoms with E-state index in [2.05, 4.69) is 10.0 Å². The van der Waals surface area contributed by atoms with Crippen LogP contribution in [-0.4, -0.2) is 32.2 Å². The van der Waals surface area contributed by atoms with E-state index < -0.39 is 26.5 Å². The van der Waals surface area contributed by atoms with Crippen LogP contribution in [0, 0.1) is 15.9 Å². The number of nitrogens with one attached hydrogen (secondary N) is 2. The van der Waals surface area contributed by atoms with Crippen molar-refractivity contribution in [3.8, 4) is 0 Å². The van der Waals surface area contributed by atoms with Crippen molar-refractivity contribution in [2.75, 3.05) is 23.6 Å². The Bertz CT molecular complexity index is 562. The SMILES string of the molecule is CCNCCS(=O)(=O)Nc1cc(F)cc([N+](=O)[O-])c1. The zero-order valence-electron chi connectivity index (χ0n) is 10.2. The highest BCUT2D eigenvalue weighted by molar-refractivity contribution is 7.92. The first kappa shape index (κ1) is 15.3. The van der Waals surface area contributed by atoms with Gasteiger partial charge in [-0.2, -0.15) is 0 Å². The largest absolute Gasteiger partial charge is 0.316 e. The van der Waals surface area contributed by atoms with Crippen molar-refractivity contribution in [1.82, 2.24) is 5.32 Å². The van der Waals surface area contributed by atoms with E-state index in [-0.39, 0.29) is 18.0 Å². The van der Waals surface area contributed by atoms with E-state index in [1.165, 1.54) is 0 Å². The molecule has 0 bridgehead atoms. The molecule has 0 aromatic heterocycles. The van der Waals surface area contributed by atoms with Crippen LogP contribution in [0.2, 0.25) is 0 Å². The van der Waals surface area contributed by atoms with E-state index in [1.54, 1.807) is 0 Å². The number of hydrogen-bond donors (Lipinski definition) is 2. The zero-order valence-corrected chi connectivity index (χ0v) is 11.0. The Hall–Kier alpha value is -1.74. The molecule has 0 amide bonds. The zero-order chi connectivity index (χ0) is 14.5. The van der Waals surface area contributed by atoms with Gasteiger partial charge in [0.15, 0.2) is 0 Å². The van der Waals surface area contributed by atoms with Crippen molar-refractivity contribution < 1.29 is 17.7 Å². The number of anilines is 1. The molecule has 106 valence electrons. The number of non-ortho nitro benzene ring substituents is 1. The summed E-state index contributed by atoms with van der Waals surface area (Å²) in [5, 5.41) is 13.4. The number of benzene rings is 1. The number of nitro benzene ring substituents is 1. The fraction of sp³-hybridized carbons (Fsp3) is 0.400. The van der Waals surface area contributed by atoms with Gasteiger partial charge in [0.1, 0.15) is 5.82 Å². The molecule has 0 aliphatic carbocycles. The van der Waals surface area contributed by atoms with Crippen molar-refractivity contribution >= 4 is 21.4 Å². The molecule has 0 unspecified atom stereocenters. The predicted molar refractivity (Wildman–Crippen MR) is 69.0 cm³/mol. The van der Waals surface area contributed by atoms with E-state index in [0.717, 1.165) is 18.2 Å². The quantitative estimate of drug-likeness (QED) is 0.445. The summed E-state index contributed by atoms with van der Waals surface area (Å²) >= 11 is 0. The maximum atomic E-state index is 13.1. The van der Waals surface area contributed by atoms with Crippen LogP contribution in [0.4, 0.5) is 15.8 Å². The Morgan fingerprint density at radius 3 is 2.63 bits per heavy atom. The molecule has 2 N–H and O–H groups in total. The van der Waals surface area contributed by atoms with Crippen LogP contribution in [0.25, 0.3) is 0 Å². The van der Waals surface area contributed by atoms with Gasteiger partial charge in [-0.25, -0.2) is 12.8 Å². The van der Waals surface area contributed by atoms with E-state index in [9.17, 15) is 22.9 Å². The summed E-state index contributed by atoms with van der Waals surface area (Å²) in [6.07, 6.45) is 0. The van der Waals surface area contributed by atoms with Crippen molar-refractivity contribution in [1.29, 1.82) is 0 Å². The number of sulfonamides is 1. The first-order valence-corrected chi connectivity index (χ1v) is 7.15. The van der Waals surface area contributed by atoms with Gasteiger partial charge in [-0.05, 0) is 12.6 Å². The third-order valence-electron chi connectivity index (χ3n) is 2.16. The minimum absolute atomic E-state index is 0.164. The molecule has 1 rings (SSSR count). The van der Waals surface area contributed by atoms with Crippen LogP contribution in [0.15, 0.2) is 18.2 Å². The smallest absolute Gasteiger partial charge is 0.274 e. The lowest BCUT2D eigenvalue weighted by atomic mass is 10.3. The Morgan fingerprint density at radius 1 is 1.37 bits per heavy atom. The first-order chi connectivity index (χ1) is 8.84. The topological polar surface area (TPSA) is 101 Å². The summed E-state index contributed by atoms with van der Waals surface area (Å²) in [7, 11) is -3.67. The minimum atomic E-state index is -3.67. The predicted octanol–water partition coefficient (Wildman–Crippen LogP) is 1.09.